The molecule has 0 aromatic heterocycles. The van der Waals surface area contributed by atoms with Crippen LogP contribution in [0.15, 0.2) is 24.3 Å². The van der Waals surface area contributed by atoms with Crippen molar-refractivity contribution in [2.24, 2.45) is 11.8 Å². The molecule has 0 aliphatic heterocycles. The van der Waals surface area contributed by atoms with Crippen LogP contribution in [-0.2, 0) is 9.59 Å². The molecule has 1 aromatic carbocycles. The lowest BCUT2D eigenvalue weighted by Gasteiger charge is -2.18. The van der Waals surface area contributed by atoms with Gasteiger partial charge in [0.1, 0.15) is 0 Å². The molecule has 1 saturated carbocycles. The van der Waals surface area contributed by atoms with Crippen molar-refractivity contribution in [1.29, 1.82) is 0 Å². The minimum Gasteiger partial charge on any atom is -0.326 e. The normalized spacial score (nSPS) is 16.7. The smallest absolute Gasteiger partial charge is 0.227 e. The molecular formula is C16H22N2O2. The second-order valence-electron chi connectivity index (χ2n) is 5.58. The van der Waals surface area contributed by atoms with Crippen molar-refractivity contribution in [3.63, 3.8) is 0 Å². The molecule has 1 atom stereocenters. The summed E-state index contributed by atoms with van der Waals surface area (Å²) >= 11 is 0. The lowest BCUT2D eigenvalue weighted by molar-refractivity contribution is -0.120. The lowest BCUT2D eigenvalue weighted by Crippen LogP contribution is -2.25. The van der Waals surface area contributed by atoms with Crippen molar-refractivity contribution in [3.8, 4) is 0 Å². The largest absolute Gasteiger partial charge is 0.326 e. The molecule has 0 heterocycles. The highest BCUT2D eigenvalue weighted by atomic mass is 16.2. The number of hydrogen-bond donors (Lipinski definition) is 2. The number of carbonyl (C=O) groups is 2. The number of anilines is 2. The zero-order valence-electron chi connectivity index (χ0n) is 12.1. The van der Waals surface area contributed by atoms with E-state index in [1.54, 1.807) is 12.1 Å². The fourth-order valence-electron chi connectivity index (χ4n) is 2.77. The molecule has 0 saturated heterocycles. The van der Waals surface area contributed by atoms with Crippen molar-refractivity contribution in [1.82, 2.24) is 0 Å². The summed E-state index contributed by atoms with van der Waals surface area (Å²) in [7, 11) is 0. The molecule has 1 unspecified atom stereocenters. The molecule has 2 N–H and O–H groups in total. The van der Waals surface area contributed by atoms with E-state index in [2.05, 4.69) is 10.6 Å². The van der Waals surface area contributed by atoms with Crippen LogP contribution in [0.3, 0.4) is 0 Å². The Morgan fingerprint density at radius 3 is 2.05 bits per heavy atom. The maximum atomic E-state index is 12.2. The number of rotatable bonds is 4. The fourth-order valence-corrected chi connectivity index (χ4v) is 2.77. The van der Waals surface area contributed by atoms with Crippen LogP contribution in [0.5, 0.6) is 0 Å². The quantitative estimate of drug-likeness (QED) is 0.884. The average molecular weight is 274 g/mol. The van der Waals surface area contributed by atoms with Gasteiger partial charge in [-0.2, -0.15) is 0 Å². The average Bonchev–Trinajstić information content (AvgIpc) is 2.93. The third-order valence-electron chi connectivity index (χ3n) is 3.99. The van der Waals surface area contributed by atoms with Gasteiger partial charge in [-0.15, -0.1) is 0 Å². The summed E-state index contributed by atoms with van der Waals surface area (Å²) in [5, 5.41) is 5.65. The van der Waals surface area contributed by atoms with Crippen molar-refractivity contribution >= 4 is 23.2 Å². The van der Waals surface area contributed by atoms with Crippen LogP contribution in [-0.4, -0.2) is 11.8 Å². The standard InChI is InChI=1S/C16H22N2O2/c1-11(13-5-3-4-6-13)16(20)18-15-9-7-14(8-10-15)17-12(2)19/h7-11,13H,3-6H2,1-2H3,(H,17,19)(H,18,20). The van der Waals surface area contributed by atoms with Gasteiger partial charge in [0.05, 0.1) is 0 Å². The number of carbonyl (C=O) groups excluding carboxylic acids is 2. The molecule has 0 bridgehead atoms. The van der Waals surface area contributed by atoms with Gasteiger partial charge in [-0.3, -0.25) is 9.59 Å². The molecule has 1 aliphatic carbocycles. The van der Waals surface area contributed by atoms with Crippen molar-refractivity contribution in [2.45, 2.75) is 39.5 Å². The summed E-state index contributed by atoms with van der Waals surface area (Å²) in [6, 6.07) is 7.20. The second-order valence-corrected chi connectivity index (χ2v) is 5.58. The molecule has 4 heteroatoms. The van der Waals surface area contributed by atoms with Gasteiger partial charge in [-0.1, -0.05) is 19.8 Å². The van der Waals surface area contributed by atoms with Crippen LogP contribution in [0.4, 0.5) is 11.4 Å². The summed E-state index contributed by atoms with van der Waals surface area (Å²) in [4.78, 5) is 23.1. The van der Waals surface area contributed by atoms with Crippen LogP contribution >= 0.6 is 0 Å². The number of nitrogens with one attached hydrogen (secondary N) is 2. The highest BCUT2D eigenvalue weighted by molar-refractivity contribution is 5.93. The first-order valence-electron chi connectivity index (χ1n) is 7.25. The first kappa shape index (κ1) is 14.6. The summed E-state index contributed by atoms with van der Waals surface area (Å²) in [5.74, 6) is 0.571. The monoisotopic (exact) mass is 274 g/mol. The van der Waals surface area contributed by atoms with Gasteiger partial charge in [-0.25, -0.2) is 0 Å². The topological polar surface area (TPSA) is 58.2 Å². The Hall–Kier alpha value is -1.84. The summed E-state index contributed by atoms with van der Waals surface area (Å²) < 4.78 is 0. The van der Waals surface area contributed by atoms with E-state index in [-0.39, 0.29) is 17.7 Å². The van der Waals surface area contributed by atoms with Gasteiger partial charge < -0.3 is 10.6 Å². The van der Waals surface area contributed by atoms with Crippen molar-refractivity contribution in [3.05, 3.63) is 24.3 Å². The molecule has 4 nitrogen and oxygen atoms in total. The highest BCUT2D eigenvalue weighted by Gasteiger charge is 2.26. The molecule has 20 heavy (non-hydrogen) atoms. The molecule has 1 aromatic rings. The summed E-state index contributed by atoms with van der Waals surface area (Å²) in [6.45, 7) is 3.48. The molecule has 0 spiro atoms. The first-order chi connectivity index (χ1) is 9.56. The minimum atomic E-state index is -0.100. The Kier molecular flexibility index (Phi) is 4.77. The zero-order chi connectivity index (χ0) is 14.5. The van der Waals surface area contributed by atoms with E-state index in [1.165, 1.54) is 19.8 Å². The van der Waals surface area contributed by atoms with E-state index >= 15 is 0 Å². The second kappa shape index (κ2) is 6.55. The highest BCUT2D eigenvalue weighted by Crippen LogP contribution is 2.31. The van der Waals surface area contributed by atoms with E-state index in [1.807, 2.05) is 19.1 Å². The predicted molar refractivity (Wildman–Crippen MR) is 80.5 cm³/mol. The SMILES string of the molecule is CC(=O)Nc1ccc(NC(=O)C(C)C2CCCC2)cc1. The van der Waals surface area contributed by atoms with E-state index in [0.29, 0.717) is 5.92 Å². The Labute approximate surface area is 119 Å². The number of amides is 2. The third kappa shape index (κ3) is 3.83. The van der Waals surface area contributed by atoms with Crippen LogP contribution in [0, 0.1) is 11.8 Å². The van der Waals surface area contributed by atoms with E-state index < -0.39 is 0 Å². The van der Waals surface area contributed by atoms with Gasteiger partial charge in [0.25, 0.3) is 0 Å². The van der Waals surface area contributed by atoms with Gasteiger partial charge in [0, 0.05) is 24.2 Å². The fraction of sp³-hybridized carbons (Fsp3) is 0.500. The zero-order valence-corrected chi connectivity index (χ0v) is 12.1. The van der Waals surface area contributed by atoms with Gasteiger partial charge in [0.15, 0.2) is 0 Å². The third-order valence-corrected chi connectivity index (χ3v) is 3.99. The number of hydrogen-bond acceptors (Lipinski definition) is 2. The molecule has 0 radical (unpaired) electrons. The van der Waals surface area contributed by atoms with Gasteiger partial charge in [-0.05, 0) is 43.0 Å². The summed E-state index contributed by atoms with van der Waals surface area (Å²) in [5.41, 5.74) is 1.51. The maximum Gasteiger partial charge on any atom is 0.227 e. The van der Waals surface area contributed by atoms with E-state index in [9.17, 15) is 9.59 Å². The van der Waals surface area contributed by atoms with Crippen LogP contribution < -0.4 is 10.6 Å². The molecule has 1 fully saturated rings. The van der Waals surface area contributed by atoms with Crippen LogP contribution in [0.25, 0.3) is 0 Å². The van der Waals surface area contributed by atoms with Crippen molar-refractivity contribution in [2.75, 3.05) is 10.6 Å². The Morgan fingerprint density at radius 1 is 1.05 bits per heavy atom. The number of benzene rings is 1. The Morgan fingerprint density at radius 2 is 1.55 bits per heavy atom. The molecular weight excluding hydrogens is 252 g/mol. The van der Waals surface area contributed by atoms with E-state index in [4.69, 9.17) is 0 Å². The van der Waals surface area contributed by atoms with Gasteiger partial charge in [0.2, 0.25) is 11.8 Å². The molecule has 1 aliphatic rings. The first-order valence-corrected chi connectivity index (χ1v) is 7.25. The lowest BCUT2D eigenvalue weighted by atomic mass is 9.92. The van der Waals surface area contributed by atoms with Gasteiger partial charge >= 0.3 is 0 Å². The minimum absolute atomic E-state index is 0.0625. The van der Waals surface area contributed by atoms with E-state index in [0.717, 1.165) is 24.2 Å². The van der Waals surface area contributed by atoms with Crippen LogP contribution in [0.2, 0.25) is 0 Å². The predicted octanol–water partition coefficient (Wildman–Crippen LogP) is 3.41. The Bertz CT molecular complexity index is 476. The summed E-state index contributed by atoms with van der Waals surface area (Å²) in [6.07, 6.45) is 4.81. The molecule has 2 rings (SSSR count). The molecule has 2 amide bonds. The molecule has 108 valence electrons. The van der Waals surface area contributed by atoms with Crippen LogP contribution in [0.1, 0.15) is 39.5 Å². The Balaban J connectivity index is 1.91. The van der Waals surface area contributed by atoms with Crippen molar-refractivity contribution < 1.29 is 9.59 Å². The maximum absolute atomic E-state index is 12.2.